The number of pyridine rings is 2. The van der Waals surface area contributed by atoms with E-state index in [0.29, 0.717) is 30.9 Å². The normalized spacial score (nSPS) is 11.3. The van der Waals surface area contributed by atoms with Gasteiger partial charge in [-0.25, -0.2) is 4.98 Å². The Morgan fingerprint density at radius 2 is 1.28 bits per heavy atom. The van der Waals surface area contributed by atoms with E-state index in [1.54, 1.807) is 0 Å². The lowest BCUT2D eigenvalue weighted by atomic mass is 10.1. The highest BCUT2D eigenvalue weighted by Crippen LogP contribution is 2.39. The van der Waals surface area contributed by atoms with E-state index in [0.717, 1.165) is 19.3 Å². The summed E-state index contributed by atoms with van der Waals surface area (Å²) < 4.78 is 48.9. The van der Waals surface area contributed by atoms with Crippen LogP contribution in [-0.2, 0) is 6.18 Å². The van der Waals surface area contributed by atoms with E-state index in [2.05, 4.69) is 39.7 Å². The second kappa shape index (κ2) is 16.0. The topological polar surface area (TPSA) is 131 Å². The van der Waals surface area contributed by atoms with Crippen molar-refractivity contribution >= 4 is 50.5 Å². The van der Waals surface area contributed by atoms with Gasteiger partial charge in [0.15, 0.2) is 4.60 Å². The molecule has 0 aliphatic heterocycles. The molecule has 0 aliphatic rings. The lowest BCUT2D eigenvalue weighted by molar-refractivity contribution is -0.388. The van der Waals surface area contributed by atoms with Gasteiger partial charge < -0.3 is 9.47 Å². The molecule has 10 nitrogen and oxygen atoms in total. The van der Waals surface area contributed by atoms with E-state index in [9.17, 15) is 33.4 Å². The van der Waals surface area contributed by atoms with Crippen LogP contribution in [0, 0.1) is 32.1 Å². The molecule has 0 atom stereocenters. The van der Waals surface area contributed by atoms with Gasteiger partial charge in [0.25, 0.3) is 0 Å². The van der Waals surface area contributed by atoms with Gasteiger partial charge in [0, 0.05) is 12.1 Å². The maximum absolute atomic E-state index is 12.7. The zero-order chi connectivity index (χ0) is 29.9. The van der Waals surface area contributed by atoms with Crippen molar-refractivity contribution in [1.29, 1.82) is 0 Å². The minimum atomic E-state index is -4.96. The highest BCUT2D eigenvalue weighted by molar-refractivity contribution is 9.10. The van der Waals surface area contributed by atoms with Crippen LogP contribution in [0.4, 0.5) is 24.5 Å². The molecular weight excluding hydrogens is 636 g/mol. The Kier molecular flexibility index (Phi) is 14.2. The second-order valence-electron chi connectivity index (χ2n) is 9.01. The standard InChI is InChI=1S/C12H14ClF3N2O3.C11H14BrClN2O3/c1-7(2)4-3-5-21-11-8(13)6-9(18(19)20)10(17-11)12(14,15)16;1-7(2)4-3-5-18-11-8(13)6-9(15(16)17)10(12)14-11/h6-7H,3-5H2,1-2H3;6-7H,3-5H2,1-2H3. The molecule has 39 heavy (non-hydrogen) atoms. The van der Waals surface area contributed by atoms with Gasteiger partial charge in [-0.05, 0) is 53.4 Å². The molecule has 218 valence electrons. The molecule has 0 N–H and O–H groups in total. The molecule has 0 unspecified atom stereocenters. The minimum absolute atomic E-state index is 0.121. The van der Waals surface area contributed by atoms with Crippen molar-refractivity contribution in [3.05, 3.63) is 52.7 Å². The molecule has 0 radical (unpaired) electrons. The molecule has 0 aliphatic carbocycles. The Bertz CT molecular complexity index is 1140. The molecule has 0 saturated carbocycles. The molecule has 0 fully saturated rings. The fourth-order valence-electron chi connectivity index (χ4n) is 2.90. The van der Waals surface area contributed by atoms with E-state index < -0.39 is 33.3 Å². The molecule has 2 rings (SSSR count). The molecule has 2 aromatic heterocycles. The molecule has 0 spiro atoms. The number of hydrogen-bond acceptors (Lipinski definition) is 8. The van der Waals surface area contributed by atoms with Gasteiger partial charge in [0.1, 0.15) is 10.0 Å². The first-order chi connectivity index (χ1) is 18.0. The maximum Gasteiger partial charge on any atom is 0.440 e. The summed E-state index contributed by atoms with van der Waals surface area (Å²) in [6.45, 7) is 8.90. The second-order valence-corrected chi connectivity index (χ2v) is 10.6. The highest BCUT2D eigenvalue weighted by atomic mass is 79.9. The molecule has 16 heteroatoms. The predicted molar refractivity (Wildman–Crippen MR) is 144 cm³/mol. The van der Waals surface area contributed by atoms with E-state index in [1.807, 2.05) is 13.8 Å². The fourth-order valence-corrected chi connectivity index (χ4v) is 3.72. The first-order valence-corrected chi connectivity index (χ1v) is 13.3. The van der Waals surface area contributed by atoms with Gasteiger partial charge in [-0.2, -0.15) is 18.2 Å². The van der Waals surface area contributed by atoms with E-state index >= 15 is 0 Å². The summed E-state index contributed by atoms with van der Waals surface area (Å²) in [6.07, 6.45) is -1.57. The minimum Gasteiger partial charge on any atom is -0.477 e. The Balaban J connectivity index is 0.000000395. The molecule has 0 aromatic carbocycles. The van der Waals surface area contributed by atoms with Gasteiger partial charge in [0.05, 0.1) is 23.1 Å². The fraction of sp³-hybridized carbons (Fsp3) is 0.565. The quantitative estimate of drug-likeness (QED) is 0.0954. The zero-order valence-electron chi connectivity index (χ0n) is 21.6. The van der Waals surface area contributed by atoms with E-state index in [4.69, 9.17) is 32.7 Å². The van der Waals surface area contributed by atoms with Crippen molar-refractivity contribution in [2.24, 2.45) is 11.8 Å². The number of alkyl halides is 3. The summed E-state index contributed by atoms with van der Waals surface area (Å²) >= 11 is 14.6. The Morgan fingerprint density at radius 3 is 1.67 bits per heavy atom. The number of rotatable bonds is 12. The summed E-state index contributed by atoms with van der Waals surface area (Å²) in [4.78, 5) is 26.7. The third kappa shape index (κ3) is 12.1. The number of halogens is 6. The van der Waals surface area contributed by atoms with Crippen LogP contribution in [-0.4, -0.2) is 33.0 Å². The smallest absolute Gasteiger partial charge is 0.440 e. The molecular formula is C23H28BrCl2F3N4O6. The van der Waals surface area contributed by atoms with Gasteiger partial charge in [0.2, 0.25) is 17.5 Å². The lowest BCUT2D eigenvalue weighted by Crippen LogP contribution is -2.13. The first kappa shape index (κ1) is 34.6. The zero-order valence-corrected chi connectivity index (χ0v) is 24.7. The van der Waals surface area contributed by atoms with Crippen LogP contribution >= 0.6 is 39.1 Å². The van der Waals surface area contributed by atoms with Crippen molar-refractivity contribution in [2.75, 3.05) is 13.2 Å². The number of hydrogen-bond donors (Lipinski definition) is 0. The average molecular weight is 664 g/mol. The molecule has 0 amide bonds. The van der Waals surface area contributed by atoms with E-state index in [1.165, 1.54) is 6.07 Å². The van der Waals surface area contributed by atoms with Gasteiger partial charge in [-0.1, -0.05) is 50.9 Å². The first-order valence-electron chi connectivity index (χ1n) is 11.7. The lowest BCUT2D eigenvalue weighted by Gasteiger charge is -2.11. The maximum atomic E-state index is 12.7. The van der Waals surface area contributed by atoms with Gasteiger partial charge in [-0.15, -0.1) is 0 Å². The van der Waals surface area contributed by atoms with Crippen LogP contribution in [0.15, 0.2) is 16.7 Å². The van der Waals surface area contributed by atoms with Crippen LogP contribution in [0.5, 0.6) is 11.8 Å². The van der Waals surface area contributed by atoms with E-state index in [-0.39, 0.29) is 32.8 Å². The van der Waals surface area contributed by atoms with Crippen LogP contribution in [0.3, 0.4) is 0 Å². The Morgan fingerprint density at radius 1 is 0.872 bits per heavy atom. The SMILES string of the molecule is CC(C)CCCOc1nc(Br)c([N+](=O)[O-])cc1Cl.CC(C)CCCOc1nc(C(F)(F)F)c([N+](=O)[O-])cc1Cl. The molecule has 0 bridgehead atoms. The monoisotopic (exact) mass is 662 g/mol. The Labute approximate surface area is 241 Å². The number of aromatic nitrogens is 2. The Hall–Kier alpha value is -2.45. The van der Waals surface area contributed by atoms with Crippen molar-refractivity contribution < 1.29 is 32.5 Å². The highest BCUT2D eigenvalue weighted by Gasteiger charge is 2.41. The largest absolute Gasteiger partial charge is 0.477 e. The number of nitro groups is 2. The molecule has 2 heterocycles. The van der Waals surface area contributed by atoms with Crippen LogP contribution in [0.2, 0.25) is 10.0 Å². The summed E-state index contributed by atoms with van der Waals surface area (Å²) in [5.41, 5.74) is -2.98. The van der Waals surface area contributed by atoms with Crippen molar-refractivity contribution in [3.63, 3.8) is 0 Å². The average Bonchev–Trinajstić information content (AvgIpc) is 2.81. The summed E-state index contributed by atoms with van der Waals surface area (Å²) in [6, 6.07) is 1.84. The predicted octanol–water partition coefficient (Wildman–Crippen LogP) is 8.70. The van der Waals surface area contributed by atoms with Crippen molar-refractivity contribution in [2.45, 2.75) is 59.6 Å². The number of ether oxygens (including phenoxy) is 2. The summed E-state index contributed by atoms with van der Waals surface area (Å²) in [7, 11) is 0. The van der Waals surface area contributed by atoms with Crippen LogP contribution in [0.25, 0.3) is 0 Å². The third-order valence-corrected chi connectivity index (χ3v) is 5.92. The van der Waals surface area contributed by atoms with Crippen molar-refractivity contribution in [1.82, 2.24) is 9.97 Å². The van der Waals surface area contributed by atoms with Crippen LogP contribution in [0.1, 0.15) is 59.1 Å². The van der Waals surface area contributed by atoms with Gasteiger partial charge >= 0.3 is 17.6 Å². The summed E-state index contributed by atoms with van der Waals surface area (Å²) in [5, 5.41) is 21.1. The van der Waals surface area contributed by atoms with Crippen LogP contribution < -0.4 is 9.47 Å². The molecule has 2 aromatic rings. The van der Waals surface area contributed by atoms with Crippen molar-refractivity contribution in [3.8, 4) is 11.8 Å². The third-order valence-electron chi connectivity index (χ3n) is 4.79. The molecule has 0 saturated heterocycles. The summed E-state index contributed by atoms with van der Waals surface area (Å²) in [5.74, 6) is 0.816. The number of nitrogens with zero attached hydrogens (tertiary/aromatic N) is 4. The van der Waals surface area contributed by atoms with Gasteiger partial charge in [-0.3, -0.25) is 20.2 Å².